The Balaban J connectivity index is -0.000000750. The van der Waals surface area contributed by atoms with E-state index in [1.54, 1.807) is 0 Å². The Labute approximate surface area is 111 Å². The second kappa shape index (κ2) is 5.71. The Kier molecular flexibility index (Phi) is 5.26. The van der Waals surface area contributed by atoms with Crippen molar-refractivity contribution in [2.24, 2.45) is 0 Å². The van der Waals surface area contributed by atoms with Crippen molar-refractivity contribution in [3.63, 3.8) is 0 Å². The van der Waals surface area contributed by atoms with Crippen molar-refractivity contribution in [2.75, 3.05) is 0 Å². The molecule has 1 rings (SSSR count). The number of nitrogens with zero attached hydrogens (tertiary/aromatic N) is 1. The Morgan fingerprint density at radius 3 is 1.75 bits per heavy atom. The van der Waals surface area contributed by atoms with E-state index in [4.69, 9.17) is 0 Å². The molecule has 0 atom stereocenters. The van der Waals surface area contributed by atoms with Crippen LogP contribution in [0.25, 0.3) is 0 Å². The van der Waals surface area contributed by atoms with Gasteiger partial charge in [0.05, 0.1) is 4.92 Å². The molecule has 0 aliphatic rings. The van der Waals surface area contributed by atoms with E-state index in [1.165, 1.54) is 19.9 Å². The second-order valence-corrected chi connectivity index (χ2v) is 3.14. The third kappa shape index (κ3) is 3.39. The predicted octanol–water partition coefficient (Wildman–Crippen LogP) is 1.84. The van der Waals surface area contributed by atoms with Crippen molar-refractivity contribution in [1.82, 2.24) is 0 Å². The summed E-state index contributed by atoms with van der Waals surface area (Å²) in [5, 5.41) is 10.5. The number of nitro benzene ring substituents is 1. The topological polar surface area (TPSA) is 77.3 Å². The van der Waals surface area contributed by atoms with Crippen molar-refractivity contribution < 1.29 is 17.4 Å². The van der Waals surface area contributed by atoms with Gasteiger partial charge < -0.3 is 2.85 Å². The SMILES string of the molecule is CC(=O)c1cc(C(C)=O)cc([N+](=O)[O-])c1.[H-].[H-].[Mg+2]. The Morgan fingerprint density at radius 2 is 1.50 bits per heavy atom. The van der Waals surface area contributed by atoms with Gasteiger partial charge in [0, 0.05) is 23.3 Å². The molecule has 0 aromatic heterocycles. The molecule has 0 radical (unpaired) electrons. The zero-order chi connectivity index (χ0) is 11.6. The summed E-state index contributed by atoms with van der Waals surface area (Å²) in [6.45, 7) is 2.59. The van der Waals surface area contributed by atoms with Crippen molar-refractivity contribution in [1.29, 1.82) is 0 Å². The number of hydrogen-bond donors (Lipinski definition) is 0. The fourth-order valence-electron chi connectivity index (χ4n) is 1.12. The predicted molar refractivity (Wildman–Crippen MR) is 61.1 cm³/mol. The van der Waals surface area contributed by atoms with Gasteiger partial charge in [-0.2, -0.15) is 0 Å². The fraction of sp³-hybridized carbons (Fsp3) is 0.200. The summed E-state index contributed by atoms with van der Waals surface area (Å²) in [5.74, 6) is -0.609. The van der Waals surface area contributed by atoms with Crippen LogP contribution in [0.2, 0.25) is 0 Å². The molecule has 0 bridgehead atoms. The number of Topliss-reactive ketones (excluding diaryl/α,β-unsaturated/α-hetero) is 2. The molecule has 1 aromatic carbocycles. The Hall–Kier alpha value is -1.27. The minimum atomic E-state index is -0.626. The van der Waals surface area contributed by atoms with Crippen LogP contribution < -0.4 is 0 Å². The quantitative estimate of drug-likeness (QED) is 0.345. The number of rotatable bonds is 3. The van der Waals surface area contributed by atoms with Crippen LogP contribution in [0, 0.1) is 10.1 Å². The monoisotopic (exact) mass is 233 g/mol. The van der Waals surface area contributed by atoms with Crippen LogP contribution in [0.1, 0.15) is 37.4 Å². The summed E-state index contributed by atoms with van der Waals surface area (Å²) >= 11 is 0. The normalized spacial score (nSPS) is 9.12. The summed E-state index contributed by atoms with van der Waals surface area (Å²) in [6, 6.07) is 3.68. The van der Waals surface area contributed by atoms with Gasteiger partial charge in [-0.3, -0.25) is 19.7 Å². The molecule has 0 aliphatic heterocycles. The number of carbonyl (C=O) groups is 2. The van der Waals surface area contributed by atoms with E-state index in [1.807, 2.05) is 0 Å². The van der Waals surface area contributed by atoms with Gasteiger partial charge in [-0.05, 0) is 19.9 Å². The van der Waals surface area contributed by atoms with Gasteiger partial charge in [0.2, 0.25) is 0 Å². The third-order valence-corrected chi connectivity index (χ3v) is 1.94. The molecule has 1 aromatic rings. The molecule has 0 aliphatic carbocycles. The second-order valence-electron chi connectivity index (χ2n) is 3.14. The minimum Gasteiger partial charge on any atom is -1.00 e. The number of non-ortho nitro benzene ring substituents is 1. The molecule has 0 saturated heterocycles. The summed E-state index contributed by atoms with van der Waals surface area (Å²) in [7, 11) is 0. The fourth-order valence-corrected chi connectivity index (χ4v) is 1.12. The van der Waals surface area contributed by atoms with E-state index in [0.717, 1.165) is 12.1 Å². The van der Waals surface area contributed by atoms with Crippen LogP contribution in [0.3, 0.4) is 0 Å². The van der Waals surface area contributed by atoms with Gasteiger partial charge in [-0.1, -0.05) is 0 Å². The van der Waals surface area contributed by atoms with Crippen molar-refractivity contribution in [2.45, 2.75) is 13.8 Å². The van der Waals surface area contributed by atoms with Crippen LogP contribution in [-0.4, -0.2) is 39.5 Å². The van der Waals surface area contributed by atoms with Gasteiger partial charge in [0.1, 0.15) is 0 Å². The molecule has 0 heterocycles. The average Bonchev–Trinajstić information content (AvgIpc) is 2.16. The average molecular weight is 234 g/mol. The van der Waals surface area contributed by atoms with Crippen LogP contribution in [0.5, 0.6) is 0 Å². The van der Waals surface area contributed by atoms with Gasteiger partial charge in [-0.15, -0.1) is 0 Å². The first-order valence-electron chi connectivity index (χ1n) is 4.23. The molecule has 82 valence electrons. The molecular weight excluding hydrogens is 222 g/mol. The van der Waals surface area contributed by atoms with Crippen molar-refractivity contribution >= 4 is 40.3 Å². The first-order valence-corrected chi connectivity index (χ1v) is 4.23. The standard InChI is InChI=1S/C10H9NO4.Mg.2H/c1-6(12)8-3-9(7(2)13)5-10(4-8)11(14)15;;;/h3-5H,1-2H3;;;/q;+2;2*-1. The number of ketones is 2. The minimum absolute atomic E-state index is 0. The molecule has 0 saturated carbocycles. The first-order chi connectivity index (χ1) is 6.91. The Bertz CT molecular complexity index is 386. The van der Waals surface area contributed by atoms with E-state index in [0.29, 0.717) is 0 Å². The van der Waals surface area contributed by atoms with Crippen LogP contribution in [0.15, 0.2) is 18.2 Å². The van der Waals surface area contributed by atoms with Gasteiger partial charge >= 0.3 is 23.1 Å². The van der Waals surface area contributed by atoms with Crippen molar-refractivity contribution in [3.05, 3.63) is 39.4 Å². The smallest absolute Gasteiger partial charge is 1.00 e. The summed E-state index contributed by atoms with van der Waals surface area (Å²) in [5.41, 5.74) is 0.108. The summed E-state index contributed by atoms with van der Waals surface area (Å²) in [4.78, 5) is 32.0. The zero-order valence-electron chi connectivity index (χ0n) is 11.0. The maximum absolute atomic E-state index is 11.1. The maximum atomic E-state index is 11.1. The molecule has 0 N–H and O–H groups in total. The van der Waals surface area contributed by atoms with Crippen LogP contribution >= 0.6 is 0 Å². The summed E-state index contributed by atoms with van der Waals surface area (Å²) < 4.78 is 0. The number of nitro groups is 1. The molecular formula is C10H11MgNO4. The van der Waals surface area contributed by atoms with Gasteiger partial charge in [-0.25, -0.2) is 0 Å². The number of carbonyl (C=O) groups excluding carboxylic acids is 2. The zero-order valence-corrected chi connectivity index (χ0v) is 10.4. The third-order valence-electron chi connectivity index (χ3n) is 1.94. The van der Waals surface area contributed by atoms with E-state index >= 15 is 0 Å². The number of benzene rings is 1. The van der Waals surface area contributed by atoms with Crippen molar-refractivity contribution in [3.8, 4) is 0 Å². The van der Waals surface area contributed by atoms with Crippen LogP contribution in [0.4, 0.5) is 5.69 Å². The van der Waals surface area contributed by atoms with Crippen LogP contribution in [-0.2, 0) is 0 Å². The summed E-state index contributed by atoms with van der Waals surface area (Å²) in [6.07, 6.45) is 0. The van der Waals surface area contributed by atoms with E-state index in [9.17, 15) is 19.7 Å². The molecule has 0 unspecified atom stereocenters. The largest absolute Gasteiger partial charge is 2.00 e. The van der Waals surface area contributed by atoms with E-state index in [2.05, 4.69) is 0 Å². The van der Waals surface area contributed by atoms with Gasteiger partial charge in [0.25, 0.3) is 5.69 Å². The molecule has 6 heteroatoms. The molecule has 0 fully saturated rings. The number of hydrogen-bond acceptors (Lipinski definition) is 4. The van der Waals surface area contributed by atoms with E-state index < -0.39 is 4.92 Å². The maximum Gasteiger partial charge on any atom is 2.00 e. The molecule has 0 amide bonds. The van der Waals surface area contributed by atoms with E-state index in [-0.39, 0.29) is 54.3 Å². The molecule has 16 heavy (non-hydrogen) atoms. The first kappa shape index (κ1) is 14.7. The van der Waals surface area contributed by atoms with Gasteiger partial charge in [0.15, 0.2) is 11.6 Å². The molecule has 0 spiro atoms. The molecule has 5 nitrogen and oxygen atoms in total. The Morgan fingerprint density at radius 1 is 1.12 bits per heavy atom.